The molecule has 1 fully saturated rings. The Hall–Kier alpha value is -0.410. The Morgan fingerprint density at radius 1 is 1.50 bits per heavy atom. The van der Waals surface area contributed by atoms with Gasteiger partial charge in [0.2, 0.25) is 0 Å². The first-order chi connectivity index (χ1) is 5.75. The van der Waals surface area contributed by atoms with E-state index in [-0.39, 0.29) is 12.4 Å². The zero-order valence-electron chi connectivity index (χ0n) is 7.76. The summed E-state index contributed by atoms with van der Waals surface area (Å²) in [6, 6.07) is 0. The molecule has 0 aliphatic heterocycles. The van der Waals surface area contributed by atoms with Gasteiger partial charge in [0, 0.05) is 13.7 Å². The average molecular weight is 172 g/mol. The van der Waals surface area contributed by atoms with Crippen LogP contribution in [-0.4, -0.2) is 31.7 Å². The van der Waals surface area contributed by atoms with Gasteiger partial charge in [0.1, 0.15) is 12.2 Å². The number of hydrogen-bond acceptors (Lipinski definition) is 3. The normalized spacial score (nSPS) is 20.2. The molecule has 70 valence electrons. The highest BCUT2D eigenvalue weighted by Gasteiger charge is 2.43. The first kappa shape index (κ1) is 9.68. The Balaban J connectivity index is 2.38. The van der Waals surface area contributed by atoms with Crippen molar-refractivity contribution in [2.75, 3.05) is 20.3 Å². The predicted octanol–water partition coefficient (Wildman–Crippen LogP) is 1.16. The summed E-state index contributed by atoms with van der Waals surface area (Å²) in [5.41, 5.74) is -0.491. The van der Waals surface area contributed by atoms with E-state index in [1.54, 1.807) is 7.11 Å². The second-order valence-corrected chi connectivity index (χ2v) is 3.11. The van der Waals surface area contributed by atoms with Crippen molar-refractivity contribution in [2.24, 2.45) is 0 Å². The molecule has 0 atom stereocenters. The molecule has 0 N–H and O–H groups in total. The zero-order valence-corrected chi connectivity index (χ0v) is 7.76. The van der Waals surface area contributed by atoms with Crippen LogP contribution in [0.2, 0.25) is 0 Å². The molecule has 0 bridgehead atoms. The Morgan fingerprint density at radius 3 is 2.50 bits per heavy atom. The van der Waals surface area contributed by atoms with E-state index in [4.69, 9.17) is 9.47 Å². The van der Waals surface area contributed by atoms with Crippen molar-refractivity contribution in [1.29, 1.82) is 0 Å². The lowest BCUT2D eigenvalue weighted by atomic mass is 9.77. The molecule has 0 aromatic heterocycles. The fraction of sp³-hybridized carbons (Fsp3) is 0.889. The van der Waals surface area contributed by atoms with Crippen LogP contribution in [-0.2, 0) is 14.3 Å². The van der Waals surface area contributed by atoms with Crippen molar-refractivity contribution in [1.82, 2.24) is 0 Å². The summed E-state index contributed by atoms with van der Waals surface area (Å²) in [6.07, 6.45) is 2.80. The molecule has 3 heteroatoms. The van der Waals surface area contributed by atoms with E-state index in [0.29, 0.717) is 6.61 Å². The fourth-order valence-electron chi connectivity index (χ4n) is 1.42. The van der Waals surface area contributed by atoms with E-state index in [2.05, 4.69) is 0 Å². The van der Waals surface area contributed by atoms with E-state index >= 15 is 0 Å². The minimum atomic E-state index is -0.491. The molecule has 0 spiro atoms. The van der Waals surface area contributed by atoms with Gasteiger partial charge in [-0.1, -0.05) is 0 Å². The second kappa shape index (κ2) is 4.01. The molecule has 0 aromatic rings. The molecule has 0 unspecified atom stereocenters. The summed E-state index contributed by atoms with van der Waals surface area (Å²) < 4.78 is 10.3. The molecule has 1 aliphatic rings. The standard InChI is InChI=1S/C9H16O3/c1-3-12-7-8(10)9(11-2)5-4-6-9/h3-7H2,1-2H3. The Labute approximate surface area is 73.0 Å². The molecule has 3 nitrogen and oxygen atoms in total. The average Bonchev–Trinajstić information content (AvgIpc) is 2.00. The topological polar surface area (TPSA) is 35.5 Å². The van der Waals surface area contributed by atoms with Gasteiger partial charge in [0.05, 0.1) is 0 Å². The lowest BCUT2D eigenvalue weighted by Crippen LogP contribution is -2.48. The van der Waals surface area contributed by atoms with Gasteiger partial charge in [0.15, 0.2) is 5.78 Å². The molecule has 1 saturated carbocycles. The van der Waals surface area contributed by atoms with Gasteiger partial charge in [-0.25, -0.2) is 0 Å². The maximum Gasteiger partial charge on any atom is 0.190 e. The van der Waals surface area contributed by atoms with E-state index in [0.717, 1.165) is 19.3 Å². The van der Waals surface area contributed by atoms with E-state index in [9.17, 15) is 4.79 Å². The molecule has 0 saturated heterocycles. The van der Waals surface area contributed by atoms with Crippen LogP contribution in [0.15, 0.2) is 0 Å². The van der Waals surface area contributed by atoms with Crippen LogP contribution in [0, 0.1) is 0 Å². The Kier molecular flexibility index (Phi) is 3.23. The first-order valence-corrected chi connectivity index (χ1v) is 4.41. The number of hydrogen-bond donors (Lipinski definition) is 0. The molecule has 0 amide bonds. The number of rotatable bonds is 5. The molecule has 0 aromatic carbocycles. The zero-order chi connectivity index (χ0) is 9.03. The van der Waals surface area contributed by atoms with Crippen LogP contribution in [0.4, 0.5) is 0 Å². The highest BCUT2D eigenvalue weighted by molar-refractivity contribution is 5.89. The van der Waals surface area contributed by atoms with Crippen molar-refractivity contribution in [3.8, 4) is 0 Å². The van der Waals surface area contributed by atoms with Gasteiger partial charge >= 0.3 is 0 Å². The summed E-state index contributed by atoms with van der Waals surface area (Å²) in [7, 11) is 1.60. The van der Waals surface area contributed by atoms with Crippen molar-refractivity contribution in [3.63, 3.8) is 0 Å². The summed E-state index contributed by atoms with van der Waals surface area (Å²) in [6.45, 7) is 2.67. The largest absolute Gasteiger partial charge is 0.374 e. The lowest BCUT2D eigenvalue weighted by Gasteiger charge is -2.38. The molecular formula is C9H16O3. The van der Waals surface area contributed by atoms with Gasteiger partial charge in [-0.2, -0.15) is 0 Å². The number of ether oxygens (including phenoxy) is 2. The number of methoxy groups -OCH3 is 1. The van der Waals surface area contributed by atoms with Crippen LogP contribution >= 0.6 is 0 Å². The number of carbonyl (C=O) groups is 1. The molecule has 0 heterocycles. The molecule has 12 heavy (non-hydrogen) atoms. The number of ketones is 1. The van der Waals surface area contributed by atoms with Gasteiger partial charge in [0.25, 0.3) is 0 Å². The highest BCUT2D eigenvalue weighted by Crippen LogP contribution is 2.35. The monoisotopic (exact) mass is 172 g/mol. The molecule has 0 radical (unpaired) electrons. The number of carbonyl (C=O) groups excluding carboxylic acids is 1. The third-order valence-electron chi connectivity index (χ3n) is 2.50. The fourth-order valence-corrected chi connectivity index (χ4v) is 1.42. The van der Waals surface area contributed by atoms with E-state index in [1.165, 1.54) is 0 Å². The van der Waals surface area contributed by atoms with Crippen molar-refractivity contribution in [3.05, 3.63) is 0 Å². The van der Waals surface area contributed by atoms with Gasteiger partial charge < -0.3 is 9.47 Å². The summed E-state index contributed by atoms with van der Waals surface area (Å²) in [5.74, 6) is 0.0955. The Bertz CT molecular complexity index is 156. The minimum Gasteiger partial charge on any atom is -0.374 e. The van der Waals surface area contributed by atoms with Crippen LogP contribution in [0.1, 0.15) is 26.2 Å². The molecular weight excluding hydrogens is 156 g/mol. The van der Waals surface area contributed by atoms with Crippen molar-refractivity contribution in [2.45, 2.75) is 31.8 Å². The molecule has 1 aliphatic carbocycles. The van der Waals surface area contributed by atoms with Crippen molar-refractivity contribution >= 4 is 5.78 Å². The maximum absolute atomic E-state index is 11.5. The quantitative estimate of drug-likeness (QED) is 0.624. The lowest BCUT2D eigenvalue weighted by molar-refractivity contribution is -0.156. The van der Waals surface area contributed by atoms with Crippen LogP contribution in [0.3, 0.4) is 0 Å². The van der Waals surface area contributed by atoms with Gasteiger partial charge in [-0.15, -0.1) is 0 Å². The first-order valence-electron chi connectivity index (χ1n) is 4.41. The SMILES string of the molecule is CCOCC(=O)C1(OC)CCC1. The van der Waals surface area contributed by atoms with E-state index < -0.39 is 5.60 Å². The van der Waals surface area contributed by atoms with E-state index in [1.807, 2.05) is 6.92 Å². The van der Waals surface area contributed by atoms with Crippen LogP contribution < -0.4 is 0 Å². The second-order valence-electron chi connectivity index (χ2n) is 3.11. The maximum atomic E-state index is 11.5. The van der Waals surface area contributed by atoms with Crippen molar-refractivity contribution < 1.29 is 14.3 Å². The Morgan fingerprint density at radius 2 is 2.17 bits per heavy atom. The summed E-state index contributed by atoms with van der Waals surface area (Å²) in [5, 5.41) is 0. The third kappa shape index (κ3) is 1.67. The summed E-state index contributed by atoms with van der Waals surface area (Å²) in [4.78, 5) is 11.5. The number of Topliss-reactive ketones (excluding diaryl/α,β-unsaturated/α-hetero) is 1. The third-order valence-corrected chi connectivity index (χ3v) is 2.50. The summed E-state index contributed by atoms with van der Waals surface area (Å²) >= 11 is 0. The van der Waals surface area contributed by atoms with Crippen LogP contribution in [0.5, 0.6) is 0 Å². The van der Waals surface area contributed by atoms with Crippen LogP contribution in [0.25, 0.3) is 0 Å². The smallest absolute Gasteiger partial charge is 0.190 e. The molecule has 1 rings (SSSR count). The highest BCUT2D eigenvalue weighted by atomic mass is 16.5. The minimum absolute atomic E-state index is 0.0955. The van der Waals surface area contributed by atoms with Gasteiger partial charge in [-0.05, 0) is 26.2 Å². The predicted molar refractivity (Wildman–Crippen MR) is 45.1 cm³/mol. The van der Waals surface area contributed by atoms with Gasteiger partial charge in [-0.3, -0.25) is 4.79 Å².